The summed E-state index contributed by atoms with van der Waals surface area (Å²) in [5, 5.41) is 3.22. The Morgan fingerprint density at radius 3 is 2.49 bits per heavy atom. The molecular formula is C27H26N2O5S. The Bertz CT molecular complexity index is 1280. The number of carbonyl (C=O) groups excluding carboxylic acids is 4. The lowest BCUT2D eigenvalue weighted by Gasteiger charge is -2.17. The fourth-order valence-corrected chi connectivity index (χ4v) is 6.47. The van der Waals surface area contributed by atoms with Crippen LogP contribution in [0.5, 0.6) is 0 Å². The van der Waals surface area contributed by atoms with E-state index >= 15 is 0 Å². The molecule has 180 valence electrons. The topological polar surface area (TPSA) is 92.8 Å². The van der Waals surface area contributed by atoms with Gasteiger partial charge in [-0.25, -0.2) is 9.69 Å². The summed E-state index contributed by atoms with van der Waals surface area (Å²) >= 11 is 1.32. The fourth-order valence-electron chi connectivity index (χ4n) is 5.41. The van der Waals surface area contributed by atoms with Crippen molar-refractivity contribution in [1.82, 2.24) is 0 Å². The number of amides is 3. The highest BCUT2D eigenvalue weighted by Crippen LogP contribution is 2.53. The smallest absolute Gasteiger partial charge is 0.341 e. The monoisotopic (exact) mass is 490 g/mol. The number of imide groups is 1. The minimum Gasteiger partial charge on any atom is -0.462 e. The summed E-state index contributed by atoms with van der Waals surface area (Å²) in [5.41, 5.74) is 2.36. The molecule has 1 aromatic carbocycles. The molecule has 2 fully saturated rings. The Balaban J connectivity index is 1.32. The van der Waals surface area contributed by atoms with E-state index in [4.69, 9.17) is 4.74 Å². The van der Waals surface area contributed by atoms with E-state index in [0.29, 0.717) is 21.8 Å². The molecule has 7 nitrogen and oxygen atoms in total. The van der Waals surface area contributed by atoms with Gasteiger partial charge < -0.3 is 10.1 Å². The first-order valence-corrected chi connectivity index (χ1v) is 12.5. The molecule has 35 heavy (non-hydrogen) atoms. The predicted octanol–water partition coefficient (Wildman–Crippen LogP) is 4.51. The average Bonchev–Trinajstić information content (AvgIpc) is 3.56. The van der Waals surface area contributed by atoms with Gasteiger partial charge in [0.1, 0.15) is 5.00 Å². The van der Waals surface area contributed by atoms with E-state index in [0.717, 1.165) is 16.9 Å². The van der Waals surface area contributed by atoms with Crippen LogP contribution in [0.15, 0.2) is 42.5 Å². The normalized spacial score (nSPS) is 24.5. The zero-order valence-electron chi connectivity index (χ0n) is 19.7. The van der Waals surface area contributed by atoms with Crippen molar-refractivity contribution in [3.8, 4) is 0 Å². The summed E-state index contributed by atoms with van der Waals surface area (Å²) in [6.07, 6.45) is 8.02. The second-order valence-electron chi connectivity index (χ2n) is 9.14. The van der Waals surface area contributed by atoms with Crippen LogP contribution in [-0.4, -0.2) is 30.3 Å². The van der Waals surface area contributed by atoms with Crippen molar-refractivity contribution >= 4 is 51.8 Å². The Hall–Kier alpha value is -3.52. The molecule has 0 radical (unpaired) electrons. The largest absolute Gasteiger partial charge is 0.462 e. The predicted molar refractivity (Wildman–Crippen MR) is 134 cm³/mol. The molecule has 1 aromatic heterocycles. The highest BCUT2D eigenvalue weighted by molar-refractivity contribution is 7.16. The van der Waals surface area contributed by atoms with Gasteiger partial charge in [-0.15, -0.1) is 11.3 Å². The lowest BCUT2D eigenvalue weighted by molar-refractivity contribution is -0.123. The molecule has 2 aromatic rings. The van der Waals surface area contributed by atoms with Crippen LogP contribution in [0.2, 0.25) is 0 Å². The van der Waals surface area contributed by atoms with Crippen molar-refractivity contribution < 1.29 is 23.9 Å². The number of nitrogens with one attached hydrogen (secondary N) is 1. The number of hydrogen-bond acceptors (Lipinski definition) is 6. The van der Waals surface area contributed by atoms with E-state index in [1.807, 2.05) is 13.8 Å². The number of aryl methyl sites for hydroxylation is 1. The van der Waals surface area contributed by atoms with Crippen molar-refractivity contribution in [3.05, 3.63) is 64.1 Å². The quantitative estimate of drug-likeness (QED) is 0.278. The summed E-state index contributed by atoms with van der Waals surface area (Å²) in [4.78, 5) is 53.4. The first-order chi connectivity index (χ1) is 16.8. The average molecular weight is 491 g/mol. The number of allylic oxidation sites excluding steroid dienone is 2. The summed E-state index contributed by atoms with van der Waals surface area (Å²) in [6.45, 7) is 5.69. The van der Waals surface area contributed by atoms with E-state index in [-0.39, 0.29) is 42.1 Å². The summed E-state index contributed by atoms with van der Waals surface area (Å²) in [5.74, 6) is -1.33. The third-order valence-electron chi connectivity index (χ3n) is 7.13. The van der Waals surface area contributed by atoms with Gasteiger partial charge in [-0.1, -0.05) is 24.3 Å². The van der Waals surface area contributed by atoms with E-state index in [2.05, 4.69) is 17.5 Å². The molecule has 2 bridgehead atoms. The van der Waals surface area contributed by atoms with Gasteiger partial charge >= 0.3 is 5.97 Å². The molecule has 3 amide bonds. The summed E-state index contributed by atoms with van der Waals surface area (Å²) in [7, 11) is 0. The lowest BCUT2D eigenvalue weighted by atomic mass is 9.85. The van der Waals surface area contributed by atoms with Crippen LogP contribution in [0.1, 0.15) is 39.7 Å². The maximum Gasteiger partial charge on any atom is 0.341 e. The number of benzene rings is 1. The number of thiophene rings is 1. The Labute approximate surface area is 207 Å². The Morgan fingerprint density at radius 1 is 1.14 bits per heavy atom. The van der Waals surface area contributed by atoms with Crippen LogP contribution in [0.3, 0.4) is 0 Å². The minimum atomic E-state index is -0.463. The van der Waals surface area contributed by atoms with E-state index in [1.165, 1.54) is 22.3 Å². The number of nitrogens with zero attached hydrogens (tertiary/aromatic N) is 1. The zero-order chi connectivity index (χ0) is 24.9. The molecule has 5 rings (SSSR count). The zero-order valence-corrected chi connectivity index (χ0v) is 20.6. The lowest BCUT2D eigenvalue weighted by Crippen LogP contribution is -2.32. The SMILES string of the molecule is CCOC(=O)c1c(NC(=O)/C=C/c2cccc(N3C(=O)[C@@H]4[C@@H](C3=O)[C@H]3C=C[C@H]4C3)c2)sc(C)c1C. The van der Waals surface area contributed by atoms with Gasteiger partial charge in [0.05, 0.1) is 29.7 Å². The molecule has 2 aliphatic carbocycles. The molecule has 0 unspecified atom stereocenters. The van der Waals surface area contributed by atoms with Gasteiger partial charge in [-0.05, 0) is 68.4 Å². The van der Waals surface area contributed by atoms with Crippen LogP contribution in [0.4, 0.5) is 10.7 Å². The van der Waals surface area contributed by atoms with Crippen molar-refractivity contribution in [2.45, 2.75) is 27.2 Å². The Kier molecular flexibility index (Phi) is 5.92. The minimum absolute atomic E-state index is 0.134. The first-order valence-electron chi connectivity index (χ1n) is 11.7. The molecule has 4 atom stereocenters. The number of ether oxygens (including phenoxy) is 1. The fraction of sp³-hybridized carbons (Fsp3) is 0.333. The molecule has 1 saturated carbocycles. The van der Waals surface area contributed by atoms with Gasteiger partial charge in [0, 0.05) is 11.0 Å². The van der Waals surface area contributed by atoms with Gasteiger partial charge in [-0.2, -0.15) is 0 Å². The highest BCUT2D eigenvalue weighted by Gasteiger charge is 2.59. The maximum atomic E-state index is 13.1. The van der Waals surface area contributed by atoms with Crippen LogP contribution in [0.25, 0.3) is 6.08 Å². The van der Waals surface area contributed by atoms with Gasteiger partial charge in [-0.3, -0.25) is 14.4 Å². The highest BCUT2D eigenvalue weighted by atomic mass is 32.1. The standard InChI is InChI=1S/C27H26N2O5S/c1-4-34-27(33)21-14(2)15(3)35-24(21)28-20(30)11-8-16-6-5-7-19(12-16)29-25(31)22-17-9-10-18(13-17)23(22)26(29)32/h5-12,17-18,22-23H,4,13H2,1-3H3,(H,28,30)/b11-8+/t17-,18-,22-,23-/m0/s1. The molecule has 8 heteroatoms. The van der Waals surface area contributed by atoms with E-state index < -0.39 is 11.9 Å². The Morgan fingerprint density at radius 2 is 1.83 bits per heavy atom. The van der Waals surface area contributed by atoms with Crippen molar-refractivity contribution in [2.24, 2.45) is 23.7 Å². The number of rotatable bonds is 6. The van der Waals surface area contributed by atoms with Crippen molar-refractivity contribution in [1.29, 1.82) is 0 Å². The third kappa shape index (κ3) is 3.91. The van der Waals surface area contributed by atoms with E-state index in [1.54, 1.807) is 37.3 Å². The number of esters is 1. The van der Waals surface area contributed by atoms with Crippen LogP contribution < -0.4 is 10.2 Å². The summed E-state index contributed by atoms with van der Waals surface area (Å²) in [6, 6.07) is 7.04. The number of carbonyl (C=O) groups is 4. The maximum absolute atomic E-state index is 13.1. The van der Waals surface area contributed by atoms with E-state index in [9.17, 15) is 19.2 Å². The molecule has 1 aliphatic heterocycles. The summed E-state index contributed by atoms with van der Waals surface area (Å²) < 4.78 is 5.13. The number of fused-ring (bicyclic) bond motifs is 5. The van der Waals surface area contributed by atoms with Gasteiger partial charge in [0.15, 0.2) is 0 Å². The number of hydrogen-bond donors (Lipinski definition) is 1. The van der Waals surface area contributed by atoms with Gasteiger partial charge in [0.2, 0.25) is 17.7 Å². The molecular weight excluding hydrogens is 464 g/mol. The first kappa shape index (κ1) is 23.2. The second kappa shape index (κ2) is 8.92. The van der Waals surface area contributed by atoms with Crippen molar-refractivity contribution in [3.63, 3.8) is 0 Å². The third-order valence-corrected chi connectivity index (χ3v) is 8.25. The van der Waals surface area contributed by atoms with Crippen molar-refractivity contribution in [2.75, 3.05) is 16.8 Å². The molecule has 3 aliphatic rings. The molecule has 2 heterocycles. The van der Waals surface area contributed by atoms with Crippen LogP contribution in [0, 0.1) is 37.5 Å². The number of anilines is 2. The van der Waals surface area contributed by atoms with Crippen LogP contribution in [-0.2, 0) is 19.1 Å². The second-order valence-corrected chi connectivity index (χ2v) is 10.4. The molecule has 1 saturated heterocycles. The van der Waals surface area contributed by atoms with Gasteiger partial charge in [0.25, 0.3) is 0 Å². The molecule has 1 N–H and O–H groups in total. The van der Waals surface area contributed by atoms with Crippen LogP contribution >= 0.6 is 11.3 Å². The molecule has 0 spiro atoms.